The zero-order valence-corrected chi connectivity index (χ0v) is 22.8. The predicted molar refractivity (Wildman–Crippen MR) is 144 cm³/mol. The van der Waals surface area contributed by atoms with Crippen LogP contribution in [0.3, 0.4) is 0 Å². The molecule has 0 aliphatic carbocycles. The number of unbranched alkanes of at least 4 members (excludes halogenated alkanes) is 1. The number of amides is 2. The lowest BCUT2D eigenvalue weighted by molar-refractivity contribution is -0.127. The second-order valence-electron chi connectivity index (χ2n) is 9.85. The molecule has 0 saturated heterocycles. The zero-order valence-electron chi connectivity index (χ0n) is 22.8. The Labute approximate surface area is 228 Å². The number of carboxylic acid groups (broad SMARTS) is 1. The minimum atomic E-state index is -1.40. The van der Waals surface area contributed by atoms with E-state index in [2.05, 4.69) is 10.6 Å². The normalized spacial score (nSPS) is 14.3. The van der Waals surface area contributed by atoms with Crippen molar-refractivity contribution in [3.8, 4) is 0 Å². The molecule has 0 radical (unpaired) electrons. The SMILES string of the molecule is CCCCC(F)C[C@H](C(=O)N[C@@H](Cc1cc(F)cc(F)c1)[C@H](O)CNCc1cccc(CC)c1)N(C)C(=O)O. The molecule has 39 heavy (non-hydrogen) atoms. The second-order valence-corrected chi connectivity index (χ2v) is 9.85. The molecule has 0 saturated carbocycles. The number of carbonyl (C=O) groups is 2. The number of benzene rings is 2. The van der Waals surface area contributed by atoms with Crippen molar-refractivity contribution in [1.29, 1.82) is 0 Å². The molecule has 7 nitrogen and oxygen atoms in total. The van der Waals surface area contributed by atoms with Crippen LogP contribution in [-0.2, 0) is 24.2 Å². The number of nitrogens with zero attached hydrogens (tertiary/aromatic N) is 1. The molecule has 0 fully saturated rings. The number of aliphatic hydroxyl groups is 1. The maximum Gasteiger partial charge on any atom is 0.407 e. The molecule has 0 aliphatic heterocycles. The molecule has 2 rings (SSSR count). The Morgan fingerprint density at radius 1 is 1.03 bits per heavy atom. The largest absolute Gasteiger partial charge is 0.465 e. The van der Waals surface area contributed by atoms with E-state index in [0.29, 0.717) is 13.0 Å². The quantitative estimate of drug-likeness (QED) is 0.244. The molecule has 0 heterocycles. The Balaban J connectivity index is 2.20. The molecule has 0 aromatic heterocycles. The summed E-state index contributed by atoms with van der Waals surface area (Å²) < 4.78 is 42.3. The average molecular weight is 552 g/mol. The predicted octanol–water partition coefficient (Wildman–Crippen LogP) is 4.60. The van der Waals surface area contributed by atoms with Gasteiger partial charge in [-0.25, -0.2) is 18.0 Å². The summed E-state index contributed by atoms with van der Waals surface area (Å²) >= 11 is 0. The lowest BCUT2D eigenvalue weighted by Gasteiger charge is -2.30. The number of aryl methyl sites for hydroxylation is 1. The van der Waals surface area contributed by atoms with Crippen molar-refractivity contribution in [1.82, 2.24) is 15.5 Å². The summed E-state index contributed by atoms with van der Waals surface area (Å²) in [5.74, 6) is -2.41. The van der Waals surface area contributed by atoms with Crippen LogP contribution >= 0.6 is 0 Å². The van der Waals surface area contributed by atoms with Crippen molar-refractivity contribution in [3.63, 3.8) is 0 Å². The third-order valence-electron chi connectivity index (χ3n) is 6.67. The fourth-order valence-corrected chi connectivity index (χ4v) is 4.37. The van der Waals surface area contributed by atoms with Gasteiger partial charge in [-0.15, -0.1) is 0 Å². The highest BCUT2D eigenvalue weighted by atomic mass is 19.1. The van der Waals surface area contributed by atoms with Gasteiger partial charge in [0.1, 0.15) is 23.8 Å². The van der Waals surface area contributed by atoms with E-state index < -0.39 is 48.0 Å². The monoisotopic (exact) mass is 551 g/mol. The summed E-state index contributed by atoms with van der Waals surface area (Å²) in [6.07, 6.45) is -2.09. The third-order valence-corrected chi connectivity index (χ3v) is 6.67. The summed E-state index contributed by atoms with van der Waals surface area (Å²) in [7, 11) is 1.18. The van der Waals surface area contributed by atoms with E-state index in [-0.39, 0.29) is 31.4 Å². The first kappa shape index (κ1) is 32.1. The summed E-state index contributed by atoms with van der Waals surface area (Å²) in [5.41, 5.74) is 2.35. The van der Waals surface area contributed by atoms with Crippen LogP contribution in [0.1, 0.15) is 56.2 Å². The van der Waals surface area contributed by atoms with Gasteiger partial charge in [-0.05, 0) is 48.1 Å². The van der Waals surface area contributed by atoms with Crippen molar-refractivity contribution < 1.29 is 33.0 Å². The maximum atomic E-state index is 14.6. The van der Waals surface area contributed by atoms with Gasteiger partial charge in [0, 0.05) is 32.6 Å². The topological polar surface area (TPSA) is 102 Å². The standard InChI is InChI=1S/C29H40F3N3O4/c1-4-6-10-22(30)16-26(35(3)29(38)39)28(37)34-25(14-21-12-23(31)15-24(32)13-21)27(36)18-33-17-20-9-7-8-19(5-2)11-20/h7-9,11-13,15,22,25-27,33,36H,4-6,10,14,16-18H2,1-3H3,(H,34,37)(H,38,39)/t22?,25-,26+,27+/m0/s1. The number of alkyl halides is 1. The number of hydrogen-bond donors (Lipinski definition) is 4. The van der Waals surface area contributed by atoms with Gasteiger partial charge in [0.05, 0.1) is 12.1 Å². The summed E-state index contributed by atoms with van der Waals surface area (Å²) in [4.78, 5) is 25.6. The van der Waals surface area contributed by atoms with Gasteiger partial charge >= 0.3 is 6.09 Å². The summed E-state index contributed by atoms with van der Waals surface area (Å²) in [5, 5.41) is 26.2. The van der Waals surface area contributed by atoms with Crippen LogP contribution in [0.5, 0.6) is 0 Å². The Hall–Kier alpha value is -3.11. The van der Waals surface area contributed by atoms with Crippen LogP contribution in [0.15, 0.2) is 42.5 Å². The van der Waals surface area contributed by atoms with Crippen LogP contribution in [0.25, 0.3) is 0 Å². The van der Waals surface area contributed by atoms with Gasteiger partial charge in [0.25, 0.3) is 0 Å². The van der Waals surface area contributed by atoms with Gasteiger partial charge in [0.2, 0.25) is 5.91 Å². The second kappa shape index (κ2) is 16.1. The van der Waals surface area contributed by atoms with E-state index in [1.54, 1.807) is 0 Å². The Bertz CT molecular complexity index is 1050. The van der Waals surface area contributed by atoms with Crippen LogP contribution < -0.4 is 10.6 Å². The molecule has 1 unspecified atom stereocenters. The molecule has 10 heteroatoms. The molecular weight excluding hydrogens is 511 g/mol. The molecule has 0 spiro atoms. The van der Waals surface area contributed by atoms with E-state index in [1.807, 2.05) is 38.1 Å². The average Bonchev–Trinajstić information content (AvgIpc) is 2.89. The lowest BCUT2D eigenvalue weighted by Crippen LogP contribution is -2.55. The summed E-state index contributed by atoms with van der Waals surface area (Å²) in [6.45, 7) is 4.41. The third kappa shape index (κ3) is 10.9. The molecule has 4 atom stereocenters. The van der Waals surface area contributed by atoms with E-state index in [0.717, 1.165) is 47.1 Å². The van der Waals surface area contributed by atoms with Crippen molar-refractivity contribution in [2.75, 3.05) is 13.6 Å². The number of aliphatic hydroxyl groups excluding tert-OH is 1. The number of likely N-dealkylation sites (N-methyl/N-ethyl adjacent to an activating group) is 1. The maximum absolute atomic E-state index is 14.6. The highest BCUT2D eigenvalue weighted by Gasteiger charge is 2.32. The van der Waals surface area contributed by atoms with Crippen LogP contribution in [0, 0.1) is 11.6 Å². The first-order valence-corrected chi connectivity index (χ1v) is 13.4. The van der Waals surface area contributed by atoms with Crippen LogP contribution in [0.4, 0.5) is 18.0 Å². The summed E-state index contributed by atoms with van der Waals surface area (Å²) in [6, 6.07) is 8.45. The fraction of sp³-hybridized carbons (Fsp3) is 0.517. The number of rotatable bonds is 16. The van der Waals surface area contributed by atoms with Crippen molar-refractivity contribution in [3.05, 3.63) is 70.8 Å². The first-order chi connectivity index (χ1) is 18.5. The molecule has 216 valence electrons. The lowest BCUT2D eigenvalue weighted by atomic mass is 9.98. The molecular formula is C29H40F3N3O4. The minimum absolute atomic E-state index is 0.0285. The smallest absolute Gasteiger partial charge is 0.407 e. The Morgan fingerprint density at radius 3 is 2.31 bits per heavy atom. The van der Waals surface area contributed by atoms with Crippen molar-refractivity contribution >= 4 is 12.0 Å². The van der Waals surface area contributed by atoms with E-state index in [1.165, 1.54) is 7.05 Å². The van der Waals surface area contributed by atoms with Crippen LogP contribution in [-0.4, -0.2) is 65.1 Å². The number of halogens is 3. The van der Waals surface area contributed by atoms with Gasteiger partial charge in [-0.3, -0.25) is 9.69 Å². The number of nitrogens with one attached hydrogen (secondary N) is 2. The zero-order chi connectivity index (χ0) is 28.9. The van der Waals surface area contributed by atoms with Gasteiger partial charge in [0.15, 0.2) is 0 Å². The number of carbonyl (C=O) groups excluding carboxylic acids is 1. The molecule has 2 amide bonds. The molecule has 0 aliphatic rings. The van der Waals surface area contributed by atoms with Gasteiger partial charge < -0.3 is 20.8 Å². The van der Waals surface area contributed by atoms with E-state index in [9.17, 15) is 33.0 Å². The molecule has 2 aromatic carbocycles. The highest BCUT2D eigenvalue weighted by Crippen LogP contribution is 2.17. The van der Waals surface area contributed by atoms with Crippen molar-refractivity contribution in [2.45, 2.75) is 83.3 Å². The Morgan fingerprint density at radius 2 is 1.69 bits per heavy atom. The van der Waals surface area contributed by atoms with E-state index >= 15 is 0 Å². The van der Waals surface area contributed by atoms with Gasteiger partial charge in [-0.1, -0.05) is 51.0 Å². The molecule has 4 N–H and O–H groups in total. The molecule has 2 aromatic rings. The number of hydrogen-bond acceptors (Lipinski definition) is 4. The van der Waals surface area contributed by atoms with Crippen LogP contribution in [0.2, 0.25) is 0 Å². The van der Waals surface area contributed by atoms with Gasteiger partial charge in [-0.2, -0.15) is 0 Å². The fourth-order valence-electron chi connectivity index (χ4n) is 4.37. The minimum Gasteiger partial charge on any atom is -0.465 e. The molecule has 0 bridgehead atoms. The first-order valence-electron chi connectivity index (χ1n) is 13.4. The highest BCUT2D eigenvalue weighted by molar-refractivity contribution is 5.85. The van der Waals surface area contributed by atoms with E-state index in [4.69, 9.17) is 0 Å². The Kier molecular flexibility index (Phi) is 13.3. The van der Waals surface area contributed by atoms with Crippen molar-refractivity contribution in [2.24, 2.45) is 0 Å².